The number of hydrogen-bond acceptors (Lipinski definition) is 6. The number of rotatable bonds is 14. The lowest BCUT2D eigenvalue weighted by Gasteiger charge is -2.51. The van der Waals surface area contributed by atoms with E-state index >= 15 is 0 Å². The van der Waals surface area contributed by atoms with Gasteiger partial charge in [0.05, 0.1) is 31.5 Å². The maximum Gasteiger partial charge on any atom is 0.303 e. The van der Waals surface area contributed by atoms with Crippen LogP contribution in [0.1, 0.15) is 72.1 Å². The van der Waals surface area contributed by atoms with Crippen LogP contribution in [0.4, 0.5) is 0 Å². The predicted molar refractivity (Wildman–Crippen MR) is 183 cm³/mol. The van der Waals surface area contributed by atoms with Crippen molar-refractivity contribution in [3.05, 3.63) is 142 Å². The molecular formula is C41H46O7. The van der Waals surface area contributed by atoms with Crippen LogP contribution in [0.3, 0.4) is 0 Å². The van der Waals surface area contributed by atoms with Crippen LogP contribution in [0.5, 0.6) is 0 Å². The fraction of sp³-hybridized carbons (Fsp3) is 0.390. The minimum absolute atomic E-state index is 0.147. The highest BCUT2D eigenvalue weighted by molar-refractivity contribution is 5.66. The van der Waals surface area contributed by atoms with Gasteiger partial charge in [-0.15, -0.1) is 0 Å². The highest BCUT2D eigenvalue weighted by Gasteiger charge is 2.69. The van der Waals surface area contributed by atoms with Crippen LogP contribution in [0.25, 0.3) is 0 Å². The summed E-state index contributed by atoms with van der Waals surface area (Å²) in [6.45, 7) is 6.51. The van der Waals surface area contributed by atoms with Crippen molar-refractivity contribution in [2.75, 3.05) is 6.61 Å². The van der Waals surface area contributed by atoms with Crippen LogP contribution >= 0.6 is 0 Å². The van der Waals surface area contributed by atoms with E-state index in [-0.39, 0.29) is 13.0 Å². The van der Waals surface area contributed by atoms with Crippen LogP contribution in [0.15, 0.2) is 103 Å². The first-order valence-electron chi connectivity index (χ1n) is 16.8. The normalized spacial score (nSPS) is 23.7. The summed E-state index contributed by atoms with van der Waals surface area (Å²) in [5.74, 6) is -1.90. The molecule has 48 heavy (non-hydrogen) atoms. The van der Waals surface area contributed by atoms with Gasteiger partial charge >= 0.3 is 5.97 Å². The number of aliphatic carboxylic acids is 1. The molecule has 2 saturated heterocycles. The number of aliphatic hydroxyl groups is 1. The zero-order valence-electron chi connectivity index (χ0n) is 28.1. The quantitative estimate of drug-likeness (QED) is 0.148. The molecule has 0 amide bonds. The first-order valence-corrected chi connectivity index (χ1v) is 16.8. The van der Waals surface area contributed by atoms with Crippen LogP contribution < -0.4 is 0 Å². The molecular weight excluding hydrogens is 604 g/mol. The third-order valence-electron chi connectivity index (χ3n) is 9.81. The molecule has 0 aromatic heterocycles. The molecule has 4 atom stereocenters. The molecule has 7 nitrogen and oxygen atoms in total. The Morgan fingerprint density at radius 2 is 1.48 bits per heavy atom. The lowest BCUT2D eigenvalue weighted by Crippen LogP contribution is -2.67. The van der Waals surface area contributed by atoms with Gasteiger partial charge in [0.15, 0.2) is 11.4 Å². The van der Waals surface area contributed by atoms with Crippen molar-refractivity contribution in [2.45, 2.75) is 95.3 Å². The van der Waals surface area contributed by atoms with Crippen molar-refractivity contribution >= 4 is 5.97 Å². The summed E-state index contributed by atoms with van der Waals surface area (Å²) in [6.07, 6.45) is 1.62. The molecule has 2 fully saturated rings. The van der Waals surface area contributed by atoms with Crippen LogP contribution in [0.2, 0.25) is 0 Å². The van der Waals surface area contributed by atoms with Gasteiger partial charge in [0.1, 0.15) is 6.10 Å². The lowest BCUT2D eigenvalue weighted by atomic mass is 9.75. The molecule has 6 rings (SSSR count). The van der Waals surface area contributed by atoms with Gasteiger partial charge in [-0.3, -0.25) is 4.79 Å². The molecule has 2 bridgehead atoms. The summed E-state index contributed by atoms with van der Waals surface area (Å²) in [5, 5.41) is 20.7. The van der Waals surface area contributed by atoms with E-state index in [1.54, 1.807) is 13.8 Å². The van der Waals surface area contributed by atoms with Gasteiger partial charge in [-0.2, -0.15) is 0 Å². The Labute approximate surface area is 283 Å². The molecule has 0 aliphatic carbocycles. The molecule has 0 radical (unpaired) electrons. The van der Waals surface area contributed by atoms with E-state index in [9.17, 15) is 9.90 Å². The predicted octanol–water partition coefficient (Wildman–Crippen LogP) is 7.28. The van der Waals surface area contributed by atoms with Crippen LogP contribution in [-0.2, 0) is 55.6 Å². The maximum absolute atomic E-state index is 11.8. The topological polar surface area (TPSA) is 94.5 Å². The number of carboxylic acids is 1. The smallest absolute Gasteiger partial charge is 0.303 e. The van der Waals surface area contributed by atoms with E-state index in [1.165, 1.54) is 0 Å². The average Bonchev–Trinajstić information content (AvgIpc) is 3.42. The molecule has 0 saturated carbocycles. The van der Waals surface area contributed by atoms with E-state index < -0.39 is 35.2 Å². The molecule has 2 N–H and O–H groups in total. The first-order chi connectivity index (χ1) is 23.1. The van der Waals surface area contributed by atoms with Gasteiger partial charge in [0, 0.05) is 18.4 Å². The average molecular weight is 651 g/mol. The third kappa shape index (κ3) is 7.41. The second kappa shape index (κ2) is 14.3. The van der Waals surface area contributed by atoms with Gasteiger partial charge in [-0.1, -0.05) is 97.1 Å². The van der Waals surface area contributed by atoms with Gasteiger partial charge in [-0.25, -0.2) is 0 Å². The monoisotopic (exact) mass is 650 g/mol. The first kappa shape index (κ1) is 34.0. The molecule has 1 unspecified atom stereocenters. The van der Waals surface area contributed by atoms with Gasteiger partial charge in [-0.05, 0) is 79.5 Å². The molecule has 4 aromatic rings. The molecule has 2 aliphatic heterocycles. The summed E-state index contributed by atoms with van der Waals surface area (Å²) in [5.41, 5.74) is 5.06. The fourth-order valence-electron chi connectivity index (χ4n) is 6.91. The molecule has 252 valence electrons. The van der Waals surface area contributed by atoms with E-state index in [0.29, 0.717) is 26.1 Å². The van der Waals surface area contributed by atoms with E-state index in [4.69, 9.17) is 24.1 Å². The van der Waals surface area contributed by atoms with Crippen molar-refractivity contribution in [3.63, 3.8) is 0 Å². The Hall–Kier alpha value is -3.85. The van der Waals surface area contributed by atoms with Crippen molar-refractivity contribution in [2.24, 2.45) is 0 Å². The van der Waals surface area contributed by atoms with Crippen molar-refractivity contribution in [1.29, 1.82) is 0 Å². The van der Waals surface area contributed by atoms with Crippen molar-refractivity contribution in [1.82, 2.24) is 0 Å². The van der Waals surface area contributed by atoms with E-state index in [2.05, 4.69) is 49.4 Å². The summed E-state index contributed by atoms with van der Waals surface area (Å²) < 4.78 is 27.0. The zero-order chi connectivity index (χ0) is 33.8. The second-order valence-corrected chi connectivity index (χ2v) is 13.7. The van der Waals surface area contributed by atoms with Crippen molar-refractivity contribution in [3.8, 4) is 0 Å². The number of benzene rings is 4. The molecule has 2 aliphatic rings. The Bertz CT molecular complexity index is 1670. The Morgan fingerprint density at radius 1 is 0.854 bits per heavy atom. The zero-order valence-corrected chi connectivity index (χ0v) is 28.1. The molecule has 7 heteroatoms. The molecule has 2 heterocycles. The molecule has 4 aromatic carbocycles. The summed E-state index contributed by atoms with van der Waals surface area (Å²) in [4.78, 5) is 10.9. The highest BCUT2D eigenvalue weighted by Crippen LogP contribution is 2.55. The maximum atomic E-state index is 11.8. The third-order valence-corrected chi connectivity index (χ3v) is 9.81. The number of carboxylic acid groups (broad SMARTS) is 1. The Morgan fingerprint density at radius 3 is 2.10 bits per heavy atom. The largest absolute Gasteiger partial charge is 0.481 e. The minimum atomic E-state index is -1.31. The van der Waals surface area contributed by atoms with E-state index in [1.807, 2.05) is 60.7 Å². The number of fused-ring (bicyclic) bond motifs is 2. The second-order valence-electron chi connectivity index (χ2n) is 13.7. The Balaban J connectivity index is 1.29. The highest BCUT2D eigenvalue weighted by atomic mass is 16.8. The number of aryl methyl sites for hydroxylation is 2. The van der Waals surface area contributed by atoms with Gasteiger partial charge in [0.25, 0.3) is 0 Å². The SMILES string of the molecule is Cc1ccc([C@]23CC(OCc4ccccc4)[C@H](OCc4ccccc4)[C@](C(C)(C)O)(CO2)O3)cc1Cc1ccc(CCCC(=O)O)cc1. The van der Waals surface area contributed by atoms with Gasteiger partial charge < -0.3 is 29.2 Å². The Kier molecular flexibility index (Phi) is 10.2. The van der Waals surface area contributed by atoms with Gasteiger partial charge in [0.2, 0.25) is 0 Å². The summed E-state index contributed by atoms with van der Waals surface area (Å²) in [6, 6.07) is 34.8. The minimum Gasteiger partial charge on any atom is -0.481 e. The lowest BCUT2D eigenvalue weighted by molar-refractivity contribution is -0.323. The van der Waals surface area contributed by atoms with Crippen LogP contribution in [-0.4, -0.2) is 46.2 Å². The number of carbonyl (C=O) groups is 1. The van der Waals surface area contributed by atoms with E-state index in [0.717, 1.165) is 51.8 Å². The number of hydrogen-bond donors (Lipinski definition) is 2. The van der Waals surface area contributed by atoms with Crippen LogP contribution in [0, 0.1) is 6.92 Å². The fourth-order valence-corrected chi connectivity index (χ4v) is 6.91. The standard InChI is InChI=1S/C41H46O7/c1-29-17-22-35(24-34(29)23-31-20-18-30(19-21-31)15-10-16-37(42)43)41-25-36(45-26-32-11-6-4-7-12-32)38(46-27-33-13-8-5-9-14-33)40(48-41,28-47-41)39(2,3)44/h4-9,11-14,17-22,24,36,38,44H,10,15-16,23,25-28H2,1-3H3,(H,42,43)/t36?,38-,40-,41+/m0/s1. The van der Waals surface area contributed by atoms with Crippen molar-refractivity contribution < 1.29 is 34.0 Å². The number of ether oxygens (including phenoxy) is 4. The summed E-state index contributed by atoms with van der Waals surface area (Å²) >= 11 is 0. The summed E-state index contributed by atoms with van der Waals surface area (Å²) in [7, 11) is 0. The molecule has 0 spiro atoms.